The Morgan fingerprint density at radius 3 is 2.62 bits per heavy atom. The first-order chi connectivity index (χ1) is 16.2. The number of fused-ring (bicyclic) bond motifs is 3. The maximum absolute atomic E-state index is 13.8. The van der Waals surface area contributed by atoms with Crippen LogP contribution in [0.1, 0.15) is 41.5 Å². The summed E-state index contributed by atoms with van der Waals surface area (Å²) in [6.45, 7) is 5.88. The number of nitrogens with zero attached hydrogens (tertiary/aromatic N) is 1. The number of rotatable bonds is 2. The molecule has 1 aliphatic carbocycles. The normalized spacial score (nSPS) is 21.6. The topological polar surface area (TPSA) is 102 Å². The minimum Gasteiger partial charge on any atom is -0.466 e. The molecule has 0 bridgehead atoms. The second-order valence-electron chi connectivity index (χ2n) is 9.16. The zero-order valence-electron chi connectivity index (χ0n) is 19.7. The summed E-state index contributed by atoms with van der Waals surface area (Å²) >= 11 is 0. The molecule has 1 atom stereocenters. The average molecular weight is 458 g/mol. The van der Waals surface area contributed by atoms with E-state index in [1.165, 1.54) is 7.11 Å². The van der Waals surface area contributed by atoms with E-state index in [1.807, 2.05) is 51.1 Å². The van der Waals surface area contributed by atoms with E-state index in [0.717, 1.165) is 22.4 Å². The van der Waals surface area contributed by atoms with Crippen LogP contribution in [0, 0.1) is 20.8 Å². The largest absolute Gasteiger partial charge is 0.466 e. The van der Waals surface area contributed by atoms with Gasteiger partial charge in [0.1, 0.15) is 16.8 Å². The Labute approximate surface area is 198 Å². The molecule has 1 unspecified atom stereocenters. The third kappa shape index (κ3) is 2.73. The minimum absolute atomic E-state index is 0.0215. The highest BCUT2D eigenvalue weighted by Gasteiger charge is 2.62. The van der Waals surface area contributed by atoms with Gasteiger partial charge in [0.15, 0.2) is 5.78 Å². The Kier molecular flexibility index (Phi) is 4.90. The number of allylic oxidation sites excluding steroid dienone is 1. The molecule has 2 heterocycles. The van der Waals surface area contributed by atoms with E-state index in [4.69, 9.17) is 10.5 Å². The molecule has 1 amide bonds. The predicted octanol–water partition coefficient (Wildman–Crippen LogP) is 3.67. The summed E-state index contributed by atoms with van der Waals surface area (Å²) in [5.74, 6) is -1.24. The van der Waals surface area contributed by atoms with Crippen LogP contribution in [0.2, 0.25) is 0 Å². The van der Waals surface area contributed by atoms with Crippen LogP contribution in [0.4, 0.5) is 11.4 Å². The standard InChI is InChI=1S/C27H27N3O4/c1-14-11-12-18-17(13-14)27(26(33)29-18)22-20(9-6-10-21(22)31)30(24(28)23(27)25(32)34-4)19-8-5-7-15(2)16(19)3/h5,7-8,11-13H,6,9-10,28H2,1-4H3,(H,29,33). The van der Waals surface area contributed by atoms with Gasteiger partial charge in [0, 0.05) is 28.9 Å². The number of esters is 1. The molecule has 0 saturated carbocycles. The van der Waals surface area contributed by atoms with Crippen LogP contribution in [-0.2, 0) is 24.5 Å². The van der Waals surface area contributed by atoms with Crippen LogP contribution in [0.15, 0.2) is 59.1 Å². The van der Waals surface area contributed by atoms with Gasteiger partial charge in [-0.25, -0.2) is 4.79 Å². The number of carbonyl (C=O) groups is 3. The van der Waals surface area contributed by atoms with Gasteiger partial charge in [-0.2, -0.15) is 0 Å². The number of carbonyl (C=O) groups excluding carboxylic acids is 3. The highest BCUT2D eigenvalue weighted by atomic mass is 16.5. The molecule has 1 spiro atoms. The molecule has 0 saturated heterocycles. The molecule has 3 N–H and O–H groups in total. The van der Waals surface area contributed by atoms with Crippen molar-refractivity contribution >= 4 is 29.0 Å². The van der Waals surface area contributed by atoms with Crippen molar-refractivity contribution in [3.8, 4) is 0 Å². The van der Waals surface area contributed by atoms with Crippen LogP contribution in [-0.4, -0.2) is 24.8 Å². The molecule has 0 fully saturated rings. The molecule has 34 heavy (non-hydrogen) atoms. The fourth-order valence-electron chi connectivity index (χ4n) is 5.58. The van der Waals surface area contributed by atoms with E-state index < -0.39 is 17.3 Å². The van der Waals surface area contributed by atoms with Crippen molar-refractivity contribution < 1.29 is 19.1 Å². The van der Waals surface area contributed by atoms with Crippen molar-refractivity contribution in [2.75, 3.05) is 17.3 Å². The second-order valence-corrected chi connectivity index (χ2v) is 9.16. The van der Waals surface area contributed by atoms with E-state index in [2.05, 4.69) is 5.32 Å². The molecule has 2 aliphatic heterocycles. The van der Waals surface area contributed by atoms with Gasteiger partial charge in [0.05, 0.1) is 12.8 Å². The summed E-state index contributed by atoms with van der Waals surface area (Å²) in [5.41, 5.74) is 10.9. The first-order valence-electron chi connectivity index (χ1n) is 11.4. The lowest BCUT2D eigenvalue weighted by Crippen LogP contribution is -2.53. The van der Waals surface area contributed by atoms with Crippen molar-refractivity contribution in [3.05, 3.63) is 81.3 Å². The van der Waals surface area contributed by atoms with Crippen LogP contribution >= 0.6 is 0 Å². The molecular formula is C27H27N3O4. The fraction of sp³-hybridized carbons (Fsp3) is 0.296. The number of nitrogens with one attached hydrogen (secondary N) is 1. The summed E-state index contributed by atoms with van der Waals surface area (Å²) in [6, 6.07) is 11.4. The lowest BCUT2D eigenvalue weighted by atomic mass is 9.63. The number of aryl methyl sites for hydroxylation is 2. The van der Waals surface area contributed by atoms with Gasteiger partial charge in [0.2, 0.25) is 5.91 Å². The van der Waals surface area contributed by atoms with Gasteiger partial charge < -0.3 is 15.8 Å². The third-order valence-electron chi connectivity index (χ3n) is 7.28. The first kappa shape index (κ1) is 21.9. The number of amides is 1. The molecule has 2 aromatic rings. The molecule has 5 rings (SSSR count). The van der Waals surface area contributed by atoms with Crippen molar-refractivity contribution in [1.82, 2.24) is 0 Å². The quantitative estimate of drug-likeness (QED) is 0.668. The third-order valence-corrected chi connectivity index (χ3v) is 7.28. The SMILES string of the molecule is COC(=O)C1=C(N)N(c2cccc(C)c2C)C2=C(C(=O)CCC2)C12C(=O)Nc1ccc(C)cc12. The van der Waals surface area contributed by atoms with E-state index >= 15 is 0 Å². The highest BCUT2D eigenvalue weighted by Crippen LogP contribution is 2.55. The Morgan fingerprint density at radius 2 is 1.88 bits per heavy atom. The molecule has 3 aliphatic rings. The van der Waals surface area contributed by atoms with Gasteiger partial charge in [0.25, 0.3) is 0 Å². The number of benzene rings is 2. The Balaban J connectivity index is 1.94. The van der Waals surface area contributed by atoms with E-state index in [1.54, 1.807) is 11.0 Å². The molecule has 7 nitrogen and oxygen atoms in total. The van der Waals surface area contributed by atoms with E-state index in [-0.39, 0.29) is 17.2 Å². The molecule has 0 radical (unpaired) electrons. The lowest BCUT2D eigenvalue weighted by molar-refractivity contribution is -0.138. The molecule has 0 aromatic heterocycles. The zero-order valence-corrected chi connectivity index (χ0v) is 19.7. The smallest absolute Gasteiger partial charge is 0.339 e. The van der Waals surface area contributed by atoms with Crippen LogP contribution < -0.4 is 16.0 Å². The van der Waals surface area contributed by atoms with Crippen LogP contribution in [0.25, 0.3) is 0 Å². The summed E-state index contributed by atoms with van der Waals surface area (Å²) in [7, 11) is 1.26. The zero-order chi connectivity index (χ0) is 24.4. The van der Waals surface area contributed by atoms with Crippen molar-refractivity contribution in [2.24, 2.45) is 5.73 Å². The van der Waals surface area contributed by atoms with Gasteiger partial charge >= 0.3 is 5.97 Å². The van der Waals surface area contributed by atoms with Gasteiger partial charge in [-0.15, -0.1) is 0 Å². The molecular weight excluding hydrogens is 430 g/mol. The number of Topliss-reactive ketones (excluding diaryl/α,β-unsaturated/α-hetero) is 1. The van der Waals surface area contributed by atoms with E-state index in [9.17, 15) is 14.4 Å². The van der Waals surface area contributed by atoms with Crippen LogP contribution in [0.5, 0.6) is 0 Å². The molecule has 2 aromatic carbocycles. The monoisotopic (exact) mass is 457 g/mol. The van der Waals surface area contributed by atoms with Gasteiger partial charge in [-0.05, 0) is 56.9 Å². The first-order valence-corrected chi connectivity index (χ1v) is 11.4. The average Bonchev–Trinajstić information content (AvgIpc) is 3.08. The molecule has 174 valence electrons. The van der Waals surface area contributed by atoms with Crippen molar-refractivity contribution in [1.29, 1.82) is 0 Å². The fourth-order valence-corrected chi connectivity index (χ4v) is 5.58. The second kappa shape index (κ2) is 7.58. The van der Waals surface area contributed by atoms with Gasteiger partial charge in [-0.1, -0.05) is 29.8 Å². The van der Waals surface area contributed by atoms with Gasteiger partial charge in [-0.3, -0.25) is 14.5 Å². The Morgan fingerprint density at radius 1 is 1.12 bits per heavy atom. The minimum atomic E-state index is -1.65. The van der Waals surface area contributed by atoms with Crippen molar-refractivity contribution in [2.45, 2.75) is 45.4 Å². The summed E-state index contributed by atoms with van der Waals surface area (Å²) in [5, 5.41) is 2.90. The molecule has 7 heteroatoms. The van der Waals surface area contributed by atoms with E-state index in [0.29, 0.717) is 41.8 Å². The summed E-state index contributed by atoms with van der Waals surface area (Å²) < 4.78 is 5.18. The number of anilines is 2. The Hall–Kier alpha value is -3.87. The lowest BCUT2D eigenvalue weighted by Gasteiger charge is -2.44. The number of nitrogens with two attached hydrogens (primary N) is 1. The number of hydrogen-bond acceptors (Lipinski definition) is 6. The maximum Gasteiger partial charge on any atom is 0.339 e. The predicted molar refractivity (Wildman–Crippen MR) is 129 cm³/mol. The highest BCUT2D eigenvalue weighted by molar-refractivity contribution is 6.23. The maximum atomic E-state index is 13.8. The number of ketones is 1. The summed E-state index contributed by atoms with van der Waals surface area (Å²) in [6.07, 6.45) is 1.49. The van der Waals surface area contributed by atoms with Crippen LogP contribution in [0.3, 0.4) is 0 Å². The van der Waals surface area contributed by atoms with Crippen molar-refractivity contribution in [3.63, 3.8) is 0 Å². The number of methoxy groups -OCH3 is 1. The number of hydrogen-bond donors (Lipinski definition) is 2. The number of ether oxygens (including phenoxy) is 1. The Bertz CT molecular complexity index is 1350. The summed E-state index contributed by atoms with van der Waals surface area (Å²) in [4.78, 5) is 42.7.